The second-order valence-electron chi connectivity index (χ2n) is 3.86. The lowest BCUT2D eigenvalue weighted by atomic mass is 10.1. The Morgan fingerprint density at radius 1 is 1.33 bits per heavy atom. The normalized spacial score (nSPS) is 26.5. The first-order chi connectivity index (χ1) is 7.36. The maximum absolute atomic E-state index is 5.94. The first kappa shape index (κ1) is 10.6. The van der Waals surface area contributed by atoms with Gasteiger partial charge in [0.25, 0.3) is 0 Å². The molecule has 1 aliphatic rings. The molecule has 0 saturated carbocycles. The summed E-state index contributed by atoms with van der Waals surface area (Å²) in [6.45, 7) is 1.99. The van der Waals surface area contributed by atoms with Gasteiger partial charge in [-0.25, -0.2) is 0 Å². The maximum Gasteiger partial charge on any atom is 0.0964 e. The third kappa shape index (κ3) is 3.02. The van der Waals surface area contributed by atoms with Gasteiger partial charge >= 0.3 is 0 Å². The quantitative estimate of drug-likeness (QED) is 0.813. The number of nitrogens with two attached hydrogens (primary N) is 1. The van der Waals surface area contributed by atoms with Crippen LogP contribution in [0.2, 0.25) is 0 Å². The topological polar surface area (TPSA) is 44.5 Å². The smallest absolute Gasteiger partial charge is 0.0964 e. The molecular formula is C12H17NO2. The van der Waals surface area contributed by atoms with Gasteiger partial charge in [-0.3, -0.25) is 0 Å². The summed E-state index contributed by atoms with van der Waals surface area (Å²) < 4.78 is 11.1. The zero-order valence-electron chi connectivity index (χ0n) is 8.76. The third-order valence-electron chi connectivity index (χ3n) is 2.66. The van der Waals surface area contributed by atoms with Gasteiger partial charge in [-0.2, -0.15) is 0 Å². The average molecular weight is 207 g/mol. The van der Waals surface area contributed by atoms with Gasteiger partial charge in [-0.1, -0.05) is 30.3 Å². The van der Waals surface area contributed by atoms with E-state index >= 15 is 0 Å². The summed E-state index contributed by atoms with van der Waals surface area (Å²) in [5, 5.41) is 0. The van der Waals surface area contributed by atoms with Crippen molar-refractivity contribution in [3.8, 4) is 0 Å². The number of rotatable bonds is 3. The molecule has 1 fully saturated rings. The molecule has 3 heteroatoms. The highest BCUT2D eigenvalue weighted by atomic mass is 16.5. The first-order valence-electron chi connectivity index (χ1n) is 5.35. The van der Waals surface area contributed by atoms with Gasteiger partial charge in [0.2, 0.25) is 0 Å². The van der Waals surface area contributed by atoms with Gasteiger partial charge < -0.3 is 15.2 Å². The van der Waals surface area contributed by atoms with Crippen molar-refractivity contribution in [3.63, 3.8) is 0 Å². The first-order valence-corrected chi connectivity index (χ1v) is 5.35. The molecule has 1 heterocycles. The molecule has 1 aliphatic heterocycles. The predicted octanol–water partition coefficient (Wildman–Crippen LogP) is 1.32. The van der Waals surface area contributed by atoms with Crippen molar-refractivity contribution < 1.29 is 9.47 Å². The minimum absolute atomic E-state index is 0.0407. The Morgan fingerprint density at radius 2 is 2.13 bits per heavy atom. The van der Waals surface area contributed by atoms with Crippen molar-refractivity contribution in [2.75, 3.05) is 13.2 Å². The van der Waals surface area contributed by atoms with Gasteiger partial charge in [0.15, 0.2) is 0 Å². The summed E-state index contributed by atoms with van der Waals surface area (Å²) in [4.78, 5) is 0. The molecule has 1 aromatic rings. The highest BCUT2D eigenvalue weighted by molar-refractivity contribution is 5.13. The van der Waals surface area contributed by atoms with Crippen LogP contribution in [0.4, 0.5) is 0 Å². The van der Waals surface area contributed by atoms with E-state index in [9.17, 15) is 0 Å². The van der Waals surface area contributed by atoms with Crippen LogP contribution in [0.15, 0.2) is 30.3 Å². The zero-order chi connectivity index (χ0) is 10.5. The molecule has 1 aromatic carbocycles. The Bertz CT molecular complexity index is 289. The lowest BCUT2D eigenvalue weighted by molar-refractivity contribution is -0.0678. The summed E-state index contributed by atoms with van der Waals surface area (Å²) in [7, 11) is 0. The summed E-state index contributed by atoms with van der Waals surface area (Å²) in [6, 6.07) is 10.2. The van der Waals surface area contributed by atoms with Crippen LogP contribution in [0.1, 0.15) is 12.0 Å². The van der Waals surface area contributed by atoms with E-state index in [2.05, 4.69) is 12.1 Å². The SMILES string of the molecule is NC1CCOC[C@@H]1OCc1ccccc1. The minimum atomic E-state index is 0.0407. The van der Waals surface area contributed by atoms with E-state index in [1.54, 1.807) is 0 Å². The zero-order valence-corrected chi connectivity index (χ0v) is 8.76. The summed E-state index contributed by atoms with van der Waals surface area (Å²) in [6.07, 6.45) is 0.929. The highest BCUT2D eigenvalue weighted by Crippen LogP contribution is 2.11. The van der Waals surface area contributed by atoms with Crippen molar-refractivity contribution in [2.24, 2.45) is 5.73 Å². The van der Waals surface area contributed by atoms with Crippen LogP contribution >= 0.6 is 0 Å². The number of hydrogen-bond donors (Lipinski definition) is 1. The molecule has 15 heavy (non-hydrogen) atoms. The van der Waals surface area contributed by atoms with Crippen molar-refractivity contribution in [3.05, 3.63) is 35.9 Å². The van der Waals surface area contributed by atoms with E-state index in [-0.39, 0.29) is 12.1 Å². The second-order valence-corrected chi connectivity index (χ2v) is 3.86. The van der Waals surface area contributed by atoms with Crippen LogP contribution in [0, 0.1) is 0 Å². The third-order valence-corrected chi connectivity index (χ3v) is 2.66. The fourth-order valence-corrected chi connectivity index (χ4v) is 1.68. The lowest BCUT2D eigenvalue weighted by Gasteiger charge is -2.28. The standard InChI is InChI=1S/C12H17NO2/c13-11-6-7-14-9-12(11)15-8-10-4-2-1-3-5-10/h1-5,11-12H,6-9,13H2/t11?,12-/m0/s1. The minimum Gasteiger partial charge on any atom is -0.379 e. The van der Waals surface area contributed by atoms with Gasteiger partial charge in [-0.05, 0) is 12.0 Å². The fraction of sp³-hybridized carbons (Fsp3) is 0.500. The van der Waals surface area contributed by atoms with Gasteiger partial charge in [0, 0.05) is 12.6 Å². The Hall–Kier alpha value is -0.900. The number of benzene rings is 1. The molecule has 2 atom stereocenters. The van der Waals surface area contributed by atoms with E-state index < -0.39 is 0 Å². The Kier molecular flexibility index (Phi) is 3.72. The lowest BCUT2D eigenvalue weighted by Crippen LogP contribution is -2.44. The number of ether oxygens (including phenoxy) is 2. The van der Waals surface area contributed by atoms with Crippen molar-refractivity contribution in [1.82, 2.24) is 0 Å². The van der Waals surface area contributed by atoms with Crippen LogP contribution < -0.4 is 5.73 Å². The summed E-state index contributed by atoms with van der Waals surface area (Å²) in [5.74, 6) is 0. The van der Waals surface area contributed by atoms with Gasteiger partial charge in [0.05, 0.1) is 19.3 Å². The monoisotopic (exact) mass is 207 g/mol. The summed E-state index contributed by atoms with van der Waals surface area (Å²) in [5.41, 5.74) is 7.11. The molecular weight excluding hydrogens is 190 g/mol. The molecule has 0 bridgehead atoms. The molecule has 0 radical (unpaired) electrons. The van der Waals surface area contributed by atoms with E-state index in [1.807, 2.05) is 18.2 Å². The largest absolute Gasteiger partial charge is 0.379 e. The van der Waals surface area contributed by atoms with Crippen LogP contribution in [-0.4, -0.2) is 25.4 Å². The molecule has 2 rings (SSSR count). The Morgan fingerprint density at radius 3 is 2.87 bits per heavy atom. The molecule has 0 aromatic heterocycles. The average Bonchev–Trinajstić information content (AvgIpc) is 2.29. The highest BCUT2D eigenvalue weighted by Gasteiger charge is 2.22. The molecule has 1 unspecified atom stereocenters. The maximum atomic E-state index is 5.94. The van der Waals surface area contributed by atoms with E-state index in [1.165, 1.54) is 5.56 Å². The van der Waals surface area contributed by atoms with E-state index in [4.69, 9.17) is 15.2 Å². The number of hydrogen-bond acceptors (Lipinski definition) is 3. The fourth-order valence-electron chi connectivity index (χ4n) is 1.68. The van der Waals surface area contributed by atoms with E-state index in [0.717, 1.165) is 13.0 Å². The van der Waals surface area contributed by atoms with Crippen molar-refractivity contribution in [2.45, 2.75) is 25.2 Å². The molecule has 2 N–H and O–H groups in total. The van der Waals surface area contributed by atoms with Crippen LogP contribution in [0.3, 0.4) is 0 Å². The van der Waals surface area contributed by atoms with Gasteiger partial charge in [0.1, 0.15) is 0 Å². The van der Waals surface area contributed by atoms with Crippen molar-refractivity contribution in [1.29, 1.82) is 0 Å². The van der Waals surface area contributed by atoms with Crippen LogP contribution in [-0.2, 0) is 16.1 Å². The Labute approximate surface area is 90.2 Å². The molecule has 0 amide bonds. The predicted molar refractivity (Wildman–Crippen MR) is 58.4 cm³/mol. The molecule has 3 nitrogen and oxygen atoms in total. The van der Waals surface area contributed by atoms with Crippen LogP contribution in [0.25, 0.3) is 0 Å². The van der Waals surface area contributed by atoms with E-state index in [0.29, 0.717) is 13.2 Å². The molecule has 0 spiro atoms. The Balaban J connectivity index is 1.82. The summed E-state index contributed by atoms with van der Waals surface area (Å²) >= 11 is 0. The van der Waals surface area contributed by atoms with Crippen molar-refractivity contribution >= 4 is 0 Å². The van der Waals surface area contributed by atoms with Gasteiger partial charge in [-0.15, -0.1) is 0 Å². The molecule has 82 valence electrons. The molecule has 0 aliphatic carbocycles. The van der Waals surface area contributed by atoms with Crippen LogP contribution in [0.5, 0.6) is 0 Å². The molecule has 1 saturated heterocycles. The second kappa shape index (κ2) is 5.26.